The molecule has 0 spiro atoms. The average Bonchev–Trinajstić information content (AvgIpc) is 2.36. The zero-order valence-electron chi connectivity index (χ0n) is 14.4. The third-order valence-corrected chi connectivity index (χ3v) is 4.73. The molecule has 1 rings (SSSR count). The Balaban J connectivity index is 3.18. The fourth-order valence-corrected chi connectivity index (χ4v) is 3.05. The van der Waals surface area contributed by atoms with Crippen LogP contribution in [0.1, 0.15) is 39.7 Å². The van der Waals surface area contributed by atoms with E-state index in [1.807, 2.05) is 6.92 Å². The highest BCUT2D eigenvalue weighted by Gasteiger charge is 2.32. The summed E-state index contributed by atoms with van der Waals surface area (Å²) in [7, 11) is -3.97. The highest BCUT2D eigenvalue weighted by Crippen LogP contribution is 2.20. The van der Waals surface area contributed by atoms with Gasteiger partial charge in [0.25, 0.3) is 10.0 Å². The molecule has 0 aliphatic heterocycles. The monoisotopic (exact) mass is 339 g/mol. The van der Waals surface area contributed by atoms with Crippen LogP contribution in [0.25, 0.3) is 0 Å². The van der Waals surface area contributed by atoms with Crippen LogP contribution in [-0.4, -0.2) is 31.0 Å². The van der Waals surface area contributed by atoms with Gasteiger partial charge in [0.1, 0.15) is 5.60 Å². The largest absolute Gasteiger partial charge is 0.443 e. The number of rotatable bonds is 5. The first kappa shape index (κ1) is 19.2. The van der Waals surface area contributed by atoms with Crippen molar-refractivity contribution in [2.75, 3.05) is 6.54 Å². The number of amides is 1. The van der Waals surface area contributed by atoms with Crippen molar-refractivity contribution in [3.8, 4) is 0 Å². The molecule has 6 heteroatoms. The lowest BCUT2D eigenvalue weighted by atomic mass is 10.2. The number of benzene rings is 1. The predicted octanol–water partition coefficient (Wildman–Crippen LogP) is 3.89. The molecule has 0 bridgehead atoms. The van der Waals surface area contributed by atoms with E-state index in [9.17, 15) is 13.2 Å². The summed E-state index contributed by atoms with van der Waals surface area (Å²) in [5, 5.41) is 0. The first-order valence-corrected chi connectivity index (χ1v) is 8.84. The van der Waals surface area contributed by atoms with E-state index in [1.54, 1.807) is 39.8 Å². The zero-order valence-corrected chi connectivity index (χ0v) is 15.2. The summed E-state index contributed by atoms with van der Waals surface area (Å²) < 4.78 is 31.6. The molecule has 5 nitrogen and oxygen atoms in total. The molecule has 0 heterocycles. The summed E-state index contributed by atoms with van der Waals surface area (Å²) in [5.74, 6) is 0. The van der Waals surface area contributed by atoms with Crippen LogP contribution in [0.2, 0.25) is 0 Å². The summed E-state index contributed by atoms with van der Waals surface area (Å²) in [6.45, 7) is 12.5. The van der Waals surface area contributed by atoms with Gasteiger partial charge in [-0.15, -0.1) is 6.58 Å². The van der Waals surface area contributed by atoms with Gasteiger partial charge >= 0.3 is 6.09 Å². The Bertz CT molecular complexity index is 670. The van der Waals surface area contributed by atoms with Crippen molar-refractivity contribution in [1.29, 1.82) is 0 Å². The van der Waals surface area contributed by atoms with E-state index >= 15 is 0 Å². The second-order valence-corrected chi connectivity index (χ2v) is 8.44. The molecule has 0 unspecified atom stereocenters. The second kappa shape index (κ2) is 7.17. The van der Waals surface area contributed by atoms with Gasteiger partial charge in [-0.3, -0.25) is 0 Å². The molecule has 0 aromatic heterocycles. The maximum atomic E-state index is 12.8. The van der Waals surface area contributed by atoms with Crippen molar-refractivity contribution in [2.45, 2.75) is 51.5 Å². The van der Waals surface area contributed by atoms with Gasteiger partial charge in [-0.25, -0.2) is 17.5 Å². The van der Waals surface area contributed by atoms with Crippen molar-refractivity contribution >= 4 is 16.1 Å². The third kappa shape index (κ3) is 5.71. The molecule has 0 aliphatic rings. The number of carbonyl (C=O) groups excluding carboxylic acids is 1. The summed E-state index contributed by atoms with van der Waals surface area (Å²) >= 11 is 0. The Morgan fingerprint density at radius 3 is 2.17 bits per heavy atom. The smallest absolute Gasteiger partial charge is 0.424 e. The molecule has 0 aliphatic carbocycles. The van der Waals surface area contributed by atoms with Crippen LogP contribution in [-0.2, 0) is 14.8 Å². The molecule has 0 N–H and O–H groups in total. The van der Waals surface area contributed by atoms with Crippen LogP contribution < -0.4 is 0 Å². The minimum absolute atomic E-state index is 0.000453. The molecule has 0 saturated heterocycles. The molecule has 0 radical (unpaired) electrons. The van der Waals surface area contributed by atoms with Gasteiger partial charge in [-0.1, -0.05) is 23.3 Å². The fourth-order valence-electron chi connectivity index (χ4n) is 1.75. The van der Waals surface area contributed by atoms with Crippen LogP contribution >= 0.6 is 0 Å². The molecule has 128 valence electrons. The number of hydrogen-bond donors (Lipinski definition) is 0. The number of hydrogen-bond acceptors (Lipinski definition) is 4. The Morgan fingerprint density at radius 1 is 1.22 bits per heavy atom. The Hall–Kier alpha value is -1.82. The van der Waals surface area contributed by atoms with Gasteiger partial charge in [-0.2, -0.15) is 0 Å². The normalized spacial score (nSPS) is 11.9. The predicted molar refractivity (Wildman–Crippen MR) is 90.7 cm³/mol. The first-order valence-electron chi connectivity index (χ1n) is 7.40. The number of sulfonamides is 1. The van der Waals surface area contributed by atoms with Crippen LogP contribution in [0.15, 0.2) is 41.3 Å². The SMILES string of the molecule is C=C(C)CCN(C(=O)OC(C)(C)C)S(=O)(=O)c1ccc(C)cc1. The minimum Gasteiger partial charge on any atom is -0.443 e. The standard InChI is InChI=1S/C17H25NO4S/c1-13(2)11-12-18(16(19)22-17(4,5)6)23(20,21)15-9-7-14(3)8-10-15/h7-10H,1,11-12H2,2-6H3. The molecule has 1 aromatic rings. The number of carbonyl (C=O) groups is 1. The van der Waals surface area contributed by atoms with Crippen molar-refractivity contribution in [2.24, 2.45) is 0 Å². The van der Waals surface area contributed by atoms with Crippen molar-refractivity contribution in [1.82, 2.24) is 4.31 Å². The summed E-state index contributed by atoms with van der Waals surface area (Å²) in [6, 6.07) is 6.36. The molecular formula is C17H25NO4S. The molecule has 0 atom stereocenters. The van der Waals surface area contributed by atoms with E-state index in [0.29, 0.717) is 6.42 Å². The van der Waals surface area contributed by atoms with Crippen LogP contribution in [0.4, 0.5) is 4.79 Å². The lowest BCUT2D eigenvalue weighted by molar-refractivity contribution is 0.0392. The average molecular weight is 339 g/mol. The van der Waals surface area contributed by atoms with E-state index in [-0.39, 0.29) is 11.4 Å². The Labute approximate surface area is 139 Å². The van der Waals surface area contributed by atoms with Crippen molar-refractivity contribution in [3.63, 3.8) is 0 Å². The van der Waals surface area contributed by atoms with E-state index < -0.39 is 21.7 Å². The quantitative estimate of drug-likeness (QED) is 0.764. The number of nitrogens with zero attached hydrogens (tertiary/aromatic N) is 1. The van der Waals surface area contributed by atoms with Gasteiger partial charge in [-0.05, 0) is 53.2 Å². The fraction of sp³-hybridized carbons (Fsp3) is 0.471. The summed E-state index contributed by atoms with van der Waals surface area (Å²) in [6.07, 6.45) is -0.496. The Kier molecular flexibility index (Phi) is 5.99. The van der Waals surface area contributed by atoms with Crippen molar-refractivity contribution < 1.29 is 17.9 Å². The molecule has 1 aromatic carbocycles. The maximum absolute atomic E-state index is 12.8. The zero-order chi connectivity index (χ0) is 17.8. The van der Waals surface area contributed by atoms with E-state index in [0.717, 1.165) is 15.4 Å². The summed E-state index contributed by atoms with van der Waals surface area (Å²) in [5.41, 5.74) is 0.953. The molecule has 0 saturated carbocycles. The topological polar surface area (TPSA) is 63.7 Å². The lowest BCUT2D eigenvalue weighted by Gasteiger charge is -2.27. The molecule has 1 amide bonds. The van der Waals surface area contributed by atoms with Crippen molar-refractivity contribution in [3.05, 3.63) is 42.0 Å². The van der Waals surface area contributed by atoms with Crippen LogP contribution in [0.3, 0.4) is 0 Å². The van der Waals surface area contributed by atoms with Gasteiger partial charge in [0.05, 0.1) is 4.90 Å². The maximum Gasteiger partial charge on any atom is 0.424 e. The van der Waals surface area contributed by atoms with Gasteiger partial charge in [0, 0.05) is 6.54 Å². The number of ether oxygens (including phenoxy) is 1. The molecule has 23 heavy (non-hydrogen) atoms. The molecule has 0 fully saturated rings. The third-order valence-electron chi connectivity index (χ3n) is 2.95. The Morgan fingerprint density at radius 2 is 1.74 bits per heavy atom. The number of aryl methyl sites for hydroxylation is 1. The van der Waals surface area contributed by atoms with Gasteiger partial charge in [0.15, 0.2) is 0 Å². The van der Waals surface area contributed by atoms with E-state index in [4.69, 9.17) is 4.74 Å². The lowest BCUT2D eigenvalue weighted by Crippen LogP contribution is -2.41. The molecular weight excluding hydrogens is 314 g/mol. The first-order chi connectivity index (χ1) is 10.4. The summed E-state index contributed by atoms with van der Waals surface area (Å²) in [4.78, 5) is 12.4. The highest BCUT2D eigenvalue weighted by molar-refractivity contribution is 7.89. The highest BCUT2D eigenvalue weighted by atomic mass is 32.2. The van der Waals surface area contributed by atoms with E-state index in [1.165, 1.54) is 12.1 Å². The minimum atomic E-state index is -3.97. The van der Waals surface area contributed by atoms with Gasteiger partial charge in [0.2, 0.25) is 0 Å². The van der Waals surface area contributed by atoms with E-state index in [2.05, 4.69) is 6.58 Å². The van der Waals surface area contributed by atoms with Crippen LogP contribution in [0.5, 0.6) is 0 Å². The van der Waals surface area contributed by atoms with Crippen LogP contribution in [0, 0.1) is 6.92 Å². The second-order valence-electron chi connectivity index (χ2n) is 6.58. The van der Waals surface area contributed by atoms with Gasteiger partial charge < -0.3 is 4.74 Å².